The smallest absolute Gasteiger partial charge is 0.191 e. The summed E-state index contributed by atoms with van der Waals surface area (Å²) in [6.45, 7) is 6.11. The van der Waals surface area contributed by atoms with E-state index in [4.69, 9.17) is 9.47 Å². The van der Waals surface area contributed by atoms with Crippen molar-refractivity contribution in [3.05, 3.63) is 23.8 Å². The first kappa shape index (κ1) is 23.8. The van der Waals surface area contributed by atoms with Crippen LogP contribution in [0.3, 0.4) is 0 Å². The zero-order valence-corrected chi connectivity index (χ0v) is 19.4. The molecule has 0 aliphatic carbocycles. The molecule has 1 fully saturated rings. The van der Waals surface area contributed by atoms with E-state index in [-0.39, 0.29) is 24.0 Å². The Balaban J connectivity index is 0.00000364. The van der Waals surface area contributed by atoms with Crippen LogP contribution in [0, 0.1) is 0 Å². The minimum absolute atomic E-state index is 0. The predicted molar refractivity (Wildman–Crippen MR) is 123 cm³/mol. The quantitative estimate of drug-likeness (QED) is 0.333. The molecule has 0 spiro atoms. The summed E-state index contributed by atoms with van der Waals surface area (Å²) in [5.41, 5.74) is 1.07. The Morgan fingerprint density at radius 1 is 1.22 bits per heavy atom. The van der Waals surface area contributed by atoms with Gasteiger partial charge in [-0.3, -0.25) is 9.89 Å². The summed E-state index contributed by atoms with van der Waals surface area (Å²) in [6, 6.07) is 6.59. The summed E-state index contributed by atoms with van der Waals surface area (Å²) in [5.74, 6) is 2.42. The molecular formula is C20H35IN4O2. The van der Waals surface area contributed by atoms with Crippen LogP contribution in [0.2, 0.25) is 0 Å². The molecule has 0 amide bonds. The maximum absolute atomic E-state index is 5.45. The summed E-state index contributed by atoms with van der Waals surface area (Å²) < 4.78 is 10.7. The van der Waals surface area contributed by atoms with Gasteiger partial charge in [0.1, 0.15) is 11.5 Å². The molecule has 2 N–H and O–H groups in total. The number of aliphatic imine (C=N–C) groups is 1. The third kappa shape index (κ3) is 7.37. The number of benzene rings is 1. The topological polar surface area (TPSA) is 58.1 Å². The first-order chi connectivity index (χ1) is 12.7. The zero-order valence-electron chi connectivity index (χ0n) is 17.1. The van der Waals surface area contributed by atoms with Crippen LogP contribution >= 0.6 is 24.0 Å². The third-order valence-corrected chi connectivity index (χ3v) is 5.08. The molecule has 27 heavy (non-hydrogen) atoms. The van der Waals surface area contributed by atoms with Crippen LogP contribution < -0.4 is 20.1 Å². The van der Waals surface area contributed by atoms with Crippen molar-refractivity contribution in [2.24, 2.45) is 4.99 Å². The number of ether oxygens (including phenoxy) is 2. The fourth-order valence-electron chi connectivity index (χ4n) is 3.53. The highest BCUT2D eigenvalue weighted by atomic mass is 127. The van der Waals surface area contributed by atoms with Gasteiger partial charge in [-0.1, -0.05) is 13.3 Å². The van der Waals surface area contributed by atoms with E-state index in [1.54, 1.807) is 21.3 Å². The molecule has 1 aliphatic rings. The fraction of sp³-hybridized carbons (Fsp3) is 0.650. The van der Waals surface area contributed by atoms with E-state index in [2.05, 4.69) is 27.4 Å². The van der Waals surface area contributed by atoms with Gasteiger partial charge < -0.3 is 20.1 Å². The molecule has 0 aromatic heterocycles. The maximum Gasteiger partial charge on any atom is 0.191 e. The van der Waals surface area contributed by atoms with Crippen LogP contribution in [0.5, 0.6) is 11.5 Å². The second kappa shape index (κ2) is 13.0. The van der Waals surface area contributed by atoms with Crippen molar-refractivity contribution in [2.45, 2.75) is 45.2 Å². The van der Waals surface area contributed by atoms with Crippen molar-refractivity contribution < 1.29 is 9.47 Å². The second-order valence-electron chi connectivity index (χ2n) is 6.62. The molecule has 1 atom stereocenters. The normalized spacial score (nSPS) is 17.8. The van der Waals surface area contributed by atoms with Gasteiger partial charge in [0.2, 0.25) is 0 Å². The molecule has 154 valence electrons. The Labute approximate surface area is 181 Å². The Bertz CT molecular complexity index is 583. The van der Waals surface area contributed by atoms with E-state index in [9.17, 15) is 0 Å². The molecule has 6 nitrogen and oxygen atoms in total. The number of likely N-dealkylation sites (tertiary alicyclic amines) is 1. The Morgan fingerprint density at radius 2 is 2.04 bits per heavy atom. The van der Waals surface area contributed by atoms with Crippen LogP contribution in [-0.4, -0.2) is 57.8 Å². The number of piperidine rings is 1. The standard InChI is InChI=1S/C20H34N4O2.HI/c1-5-17-8-6-7-12-24(17)13-11-22-20(21-2)23-15-16-9-10-18(25-3)14-19(16)26-4;/h9-10,14,17H,5-8,11-13,15H2,1-4H3,(H2,21,22,23);1H. The number of rotatable bonds is 8. The van der Waals surface area contributed by atoms with Crippen LogP contribution in [0.15, 0.2) is 23.2 Å². The monoisotopic (exact) mass is 490 g/mol. The molecular weight excluding hydrogens is 455 g/mol. The highest BCUT2D eigenvalue weighted by Crippen LogP contribution is 2.24. The largest absolute Gasteiger partial charge is 0.497 e. The van der Waals surface area contributed by atoms with Crippen molar-refractivity contribution in [1.82, 2.24) is 15.5 Å². The summed E-state index contributed by atoms with van der Waals surface area (Å²) in [7, 11) is 5.13. The first-order valence-corrected chi connectivity index (χ1v) is 9.61. The van der Waals surface area contributed by atoms with E-state index in [0.717, 1.165) is 42.2 Å². The number of nitrogens with one attached hydrogen (secondary N) is 2. The van der Waals surface area contributed by atoms with Crippen LogP contribution in [0.4, 0.5) is 0 Å². The lowest BCUT2D eigenvalue weighted by Crippen LogP contribution is -2.45. The molecule has 1 aromatic carbocycles. The Kier molecular flexibility index (Phi) is 11.5. The van der Waals surface area contributed by atoms with Crippen molar-refractivity contribution in [2.75, 3.05) is 40.9 Å². The lowest BCUT2D eigenvalue weighted by molar-refractivity contribution is 0.147. The van der Waals surface area contributed by atoms with Gasteiger partial charge in [-0.05, 0) is 37.9 Å². The van der Waals surface area contributed by atoms with Crippen molar-refractivity contribution in [1.29, 1.82) is 0 Å². The summed E-state index contributed by atoms with van der Waals surface area (Å²) in [6.07, 6.45) is 5.26. The molecule has 1 aromatic rings. The number of guanidine groups is 1. The molecule has 1 unspecified atom stereocenters. The number of hydrogen-bond donors (Lipinski definition) is 2. The predicted octanol–water partition coefficient (Wildman–Crippen LogP) is 3.25. The van der Waals surface area contributed by atoms with Gasteiger partial charge in [-0.15, -0.1) is 24.0 Å². The summed E-state index contributed by atoms with van der Waals surface area (Å²) in [5, 5.41) is 6.78. The van der Waals surface area contributed by atoms with E-state index in [1.165, 1.54) is 32.2 Å². The minimum Gasteiger partial charge on any atom is -0.497 e. The van der Waals surface area contributed by atoms with E-state index in [1.807, 2.05) is 18.2 Å². The summed E-state index contributed by atoms with van der Waals surface area (Å²) in [4.78, 5) is 6.93. The van der Waals surface area contributed by atoms with Gasteiger partial charge in [-0.25, -0.2) is 0 Å². The van der Waals surface area contributed by atoms with Gasteiger partial charge in [0.25, 0.3) is 0 Å². The lowest BCUT2D eigenvalue weighted by Gasteiger charge is -2.35. The van der Waals surface area contributed by atoms with E-state index < -0.39 is 0 Å². The Hall–Kier alpha value is -1.22. The van der Waals surface area contributed by atoms with E-state index in [0.29, 0.717) is 6.54 Å². The number of nitrogens with zero attached hydrogens (tertiary/aromatic N) is 2. The van der Waals surface area contributed by atoms with Crippen molar-refractivity contribution in [3.8, 4) is 11.5 Å². The average molecular weight is 490 g/mol. The minimum atomic E-state index is 0. The van der Waals surface area contributed by atoms with Gasteiger partial charge >= 0.3 is 0 Å². The van der Waals surface area contributed by atoms with Crippen molar-refractivity contribution >= 4 is 29.9 Å². The van der Waals surface area contributed by atoms with Crippen LogP contribution in [0.25, 0.3) is 0 Å². The zero-order chi connectivity index (χ0) is 18.8. The fourth-order valence-corrected chi connectivity index (χ4v) is 3.53. The molecule has 1 aliphatic heterocycles. The molecule has 1 saturated heterocycles. The molecule has 2 rings (SSSR count). The number of methoxy groups -OCH3 is 2. The molecule has 1 heterocycles. The highest BCUT2D eigenvalue weighted by molar-refractivity contribution is 14.0. The van der Waals surface area contributed by atoms with Gasteiger partial charge in [0.15, 0.2) is 5.96 Å². The van der Waals surface area contributed by atoms with Gasteiger partial charge in [0, 0.05) is 44.4 Å². The van der Waals surface area contributed by atoms with Gasteiger partial charge in [0.05, 0.1) is 14.2 Å². The first-order valence-electron chi connectivity index (χ1n) is 9.61. The number of halogens is 1. The van der Waals surface area contributed by atoms with E-state index >= 15 is 0 Å². The van der Waals surface area contributed by atoms with Crippen LogP contribution in [-0.2, 0) is 6.54 Å². The average Bonchev–Trinajstić information content (AvgIpc) is 2.70. The SMILES string of the molecule is CCC1CCCCN1CCNC(=NC)NCc1ccc(OC)cc1OC.I. The van der Waals surface area contributed by atoms with Crippen molar-refractivity contribution in [3.63, 3.8) is 0 Å². The lowest BCUT2D eigenvalue weighted by atomic mass is 10.0. The van der Waals surface area contributed by atoms with Gasteiger partial charge in [-0.2, -0.15) is 0 Å². The molecule has 0 radical (unpaired) electrons. The number of hydrogen-bond acceptors (Lipinski definition) is 4. The molecule has 0 saturated carbocycles. The molecule has 0 bridgehead atoms. The van der Waals surface area contributed by atoms with Crippen LogP contribution in [0.1, 0.15) is 38.2 Å². The maximum atomic E-state index is 5.45. The Morgan fingerprint density at radius 3 is 2.70 bits per heavy atom. The second-order valence-corrected chi connectivity index (χ2v) is 6.62. The molecule has 7 heteroatoms. The summed E-state index contributed by atoms with van der Waals surface area (Å²) >= 11 is 0. The highest BCUT2D eigenvalue weighted by Gasteiger charge is 2.19. The third-order valence-electron chi connectivity index (χ3n) is 5.08.